The Balaban J connectivity index is 1.61. The number of carboxylic acid groups (broad SMARTS) is 1. The van der Waals surface area contributed by atoms with Crippen LogP contribution in [0.5, 0.6) is 5.75 Å². The molecule has 0 radical (unpaired) electrons. The molecule has 2 N–H and O–H groups in total. The SMILES string of the molecule is CC(C)(SC1CCCC1)C(NC(=O)c1ccc2ccccc2c1OCc1ccc(S(C)(=O)=O)cc1)C(=O)O. The van der Waals surface area contributed by atoms with Gasteiger partial charge in [0, 0.05) is 21.6 Å². The zero-order valence-corrected chi connectivity index (χ0v) is 23.4. The standard InChI is InChI=1S/C29H33NO6S2/c1-29(2,37-21-9-5-6-10-21)26(28(32)33)30-27(31)24-17-14-20-8-4-7-11-23(20)25(24)36-18-19-12-15-22(16-13-19)38(3,34)35/h4,7-8,11-17,21,26H,5-6,9-10,18H2,1-3H3,(H,30,31)(H,32,33). The van der Waals surface area contributed by atoms with E-state index >= 15 is 0 Å². The number of sulfone groups is 1. The number of carboxylic acids is 1. The van der Waals surface area contributed by atoms with E-state index in [4.69, 9.17) is 4.74 Å². The zero-order valence-electron chi connectivity index (χ0n) is 21.8. The first-order chi connectivity index (χ1) is 18.0. The lowest BCUT2D eigenvalue weighted by atomic mass is 10.0. The van der Waals surface area contributed by atoms with Crippen molar-refractivity contribution in [2.45, 2.75) is 67.1 Å². The molecule has 0 heterocycles. The van der Waals surface area contributed by atoms with Gasteiger partial charge < -0.3 is 15.2 Å². The summed E-state index contributed by atoms with van der Waals surface area (Å²) >= 11 is 1.63. The first kappa shape index (κ1) is 28.0. The maximum absolute atomic E-state index is 13.5. The van der Waals surface area contributed by atoms with Crippen molar-refractivity contribution < 1.29 is 27.9 Å². The molecule has 1 atom stereocenters. The smallest absolute Gasteiger partial charge is 0.327 e. The fourth-order valence-electron chi connectivity index (χ4n) is 4.81. The monoisotopic (exact) mass is 555 g/mol. The molecular weight excluding hydrogens is 522 g/mol. The van der Waals surface area contributed by atoms with Gasteiger partial charge in [-0.25, -0.2) is 13.2 Å². The molecule has 0 aromatic heterocycles. The van der Waals surface area contributed by atoms with Gasteiger partial charge in [-0.2, -0.15) is 0 Å². The first-order valence-electron chi connectivity index (χ1n) is 12.6. The molecule has 1 fully saturated rings. The minimum Gasteiger partial charge on any atom is -0.487 e. The number of carbonyl (C=O) groups is 2. The average Bonchev–Trinajstić information content (AvgIpc) is 3.37. The van der Waals surface area contributed by atoms with Gasteiger partial charge in [-0.3, -0.25) is 4.79 Å². The molecule has 1 saturated carbocycles. The number of ether oxygens (including phenoxy) is 1. The maximum Gasteiger partial charge on any atom is 0.327 e. The van der Waals surface area contributed by atoms with Gasteiger partial charge in [0.25, 0.3) is 5.91 Å². The molecule has 1 aliphatic rings. The van der Waals surface area contributed by atoms with Crippen LogP contribution in [0.3, 0.4) is 0 Å². The van der Waals surface area contributed by atoms with Gasteiger partial charge in [-0.15, -0.1) is 11.8 Å². The van der Waals surface area contributed by atoms with Crippen molar-refractivity contribution in [3.8, 4) is 5.75 Å². The number of nitrogens with one attached hydrogen (secondary N) is 1. The van der Waals surface area contributed by atoms with E-state index in [1.165, 1.54) is 12.1 Å². The Kier molecular flexibility index (Phi) is 8.37. The quantitative estimate of drug-likeness (QED) is 0.342. The second-order valence-electron chi connectivity index (χ2n) is 10.2. The second-order valence-corrected chi connectivity index (χ2v) is 14.2. The number of carbonyl (C=O) groups excluding carboxylic acids is 1. The highest BCUT2D eigenvalue weighted by molar-refractivity contribution is 8.01. The Morgan fingerprint density at radius 3 is 2.34 bits per heavy atom. The average molecular weight is 556 g/mol. The molecule has 1 unspecified atom stereocenters. The predicted octanol–water partition coefficient (Wildman–Crippen LogP) is 5.46. The van der Waals surface area contributed by atoms with E-state index in [1.807, 2.05) is 44.2 Å². The molecule has 9 heteroatoms. The van der Waals surface area contributed by atoms with Gasteiger partial charge >= 0.3 is 5.97 Å². The number of rotatable bonds is 10. The van der Waals surface area contributed by atoms with Gasteiger partial charge in [0.2, 0.25) is 0 Å². The Morgan fingerprint density at radius 1 is 1.05 bits per heavy atom. The summed E-state index contributed by atoms with van der Waals surface area (Å²) in [6.07, 6.45) is 5.56. The molecule has 7 nitrogen and oxygen atoms in total. The predicted molar refractivity (Wildman–Crippen MR) is 151 cm³/mol. The fraction of sp³-hybridized carbons (Fsp3) is 0.379. The number of benzene rings is 3. The van der Waals surface area contributed by atoms with Crippen molar-refractivity contribution >= 4 is 44.2 Å². The highest BCUT2D eigenvalue weighted by atomic mass is 32.2. The number of hydrogen-bond donors (Lipinski definition) is 2. The third kappa shape index (κ3) is 6.50. The lowest BCUT2D eigenvalue weighted by Gasteiger charge is -2.33. The Bertz CT molecular complexity index is 1430. The number of aliphatic carboxylic acids is 1. The normalized spacial score (nSPS) is 15.3. The lowest BCUT2D eigenvalue weighted by molar-refractivity contribution is -0.139. The summed E-state index contributed by atoms with van der Waals surface area (Å²) in [7, 11) is -3.32. The molecule has 3 aromatic carbocycles. The molecule has 0 spiro atoms. The molecule has 1 aliphatic carbocycles. The van der Waals surface area contributed by atoms with E-state index < -0.39 is 32.5 Å². The molecular formula is C29H33NO6S2. The zero-order chi connectivity index (χ0) is 27.5. The summed E-state index contributed by atoms with van der Waals surface area (Å²) in [5, 5.41) is 14.8. The largest absolute Gasteiger partial charge is 0.487 e. The van der Waals surface area contributed by atoms with E-state index in [-0.39, 0.29) is 17.1 Å². The summed E-state index contributed by atoms with van der Waals surface area (Å²) in [5.41, 5.74) is 0.971. The minimum atomic E-state index is -3.32. The van der Waals surface area contributed by atoms with E-state index in [9.17, 15) is 23.1 Å². The van der Waals surface area contributed by atoms with Gasteiger partial charge in [0.15, 0.2) is 9.84 Å². The van der Waals surface area contributed by atoms with Crippen LogP contribution in [0.25, 0.3) is 10.8 Å². The van der Waals surface area contributed by atoms with Crippen molar-refractivity contribution in [3.63, 3.8) is 0 Å². The Hall–Kier alpha value is -3.04. The summed E-state index contributed by atoms with van der Waals surface area (Å²) in [5.74, 6) is -1.26. The fourth-order valence-corrected chi connectivity index (χ4v) is 7.17. The lowest BCUT2D eigenvalue weighted by Crippen LogP contribution is -2.53. The van der Waals surface area contributed by atoms with Crippen LogP contribution in [-0.4, -0.2) is 47.7 Å². The first-order valence-corrected chi connectivity index (χ1v) is 15.4. The van der Waals surface area contributed by atoms with Crippen LogP contribution in [-0.2, 0) is 21.2 Å². The number of fused-ring (bicyclic) bond motifs is 1. The van der Waals surface area contributed by atoms with Crippen molar-refractivity contribution in [1.82, 2.24) is 5.32 Å². The molecule has 202 valence electrons. The topological polar surface area (TPSA) is 110 Å². The molecule has 38 heavy (non-hydrogen) atoms. The van der Waals surface area contributed by atoms with Gasteiger partial charge in [0.05, 0.1) is 10.5 Å². The third-order valence-corrected chi connectivity index (χ3v) is 9.63. The maximum atomic E-state index is 13.5. The van der Waals surface area contributed by atoms with Crippen LogP contribution in [0.2, 0.25) is 0 Å². The van der Waals surface area contributed by atoms with Crippen molar-refractivity contribution in [3.05, 3.63) is 71.8 Å². The Morgan fingerprint density at radius 2 is 1.71 bits per heavy atom. The van der Waals surface area contributed by atoms with Crippen LogP contribution in [0.4, 0.5) is 0 Å². The molecule has 3 aromatic rings. The Labute approximate surface area is 227 Å². The molecule has 0 bridgehead atoms. The van der Waals surface area contributed by atoms with Crippen LogP contribution in [0.15, 0.2) is 65.6 Å². The van der Waals surface area contributed by atoms with E-state index in [0.717, 1.165) is 48.3 Å². The van der Waals surface area contributed by atoms with Crippen molar-refractivity contribution in [2.24, 2.45) is 0 Å². The molecule has 1 amide bonds. The number of amides is 1. The van der Waals surface area contributed by atoms with Crippen molar-refractivity contribution in [1.29, 1.82) is 0 Å². The highest BCUT2D eigenvalue weighted by Gasteiger charge is 2.40. The van der Waals surface area contributed by atoms with Crippen LogP contribution < -0.4 is 10.1 Å². The second kappa shape index (κ2) is 11.4. The number of thioether (sulfide) groups is 1. The highest BCUT2D eigenvalue weighted by Crippen LogP contribution is 2.40. The summed E-state index contributed by atoms with van der Waals surface area (Å²) in [6.45, 7) is 3.84. The number of hydrogen-bond acceptors (Lipinski definition) is 6. The molecule has 0 saturated heterocycles. The summed E-state index contributed by atoms with van der Waals surface area (Å²) in [4.78, 5) is 26.0. The van der Waals surface area contributed by atoms with Crippen LogP contribution in [0.1, 0.15) is 55.5 Å². The minimum absolute atomic E-state index is 0.101. The third-order valence-electron chi connectivity index (χ3n) is 6.85. The van der Waals surface area contributed by atoms with E-state index in [2.05, 4.69) is 5.32 Å². The van der Waals surface area contributed by atoms with Gasteiger partial charge in [0.1, 0.15) is 18.4 Å². The molecule has 4 rings (SSSR count). The van der Waals surface area contributed by atoms with E-state index in [1.54, 1.807) is 30.0 Å². The van der Waals surface area contributed by atoms with Crippen LogP contribution >= 0.6 is 11.8 Å². The summed E-state index contributed by atoms with van der Waals surface area (Å²) < 4.78 is 29.0. The summed E-state index contributed by atoms with van der Waals surface area (Å²) in [6, 6.07) is 16.2. The van der Waals surface area contributed by atoms with E-state index in [0.29, 0.717) is 11.0 Å². The van der Waals surface area contributed by atoms with Gasteiger partial charge in [-0.1, -0.05) is 55.3 Å². The molecule has 0 aliphatic heterocycles. The van der Waals surface area contributed by atoms with Crippen LogP contribution in [0, 0.1) is 0 Å². The van der Waals surface area contributed by atoms with Crippen molar-refractivity contribution in [2.75, 3.05) is 6.26 Å². The van der Waals surface area contributed by atoms with Gasteiger partial charge in [-0.05, 0) is 55.8 Å².